The first-order valence-electron chi connectivity index (χ1n) is 6.21. The van der Waals surface area contributed by atoms with E-state index in [-0.39, 0.29) is 0 Å². The average molecular weight is 280 g/mol. The highest BCUT2D eigenvalue weighted by atomic mass is 35.5. The number of aromatic nitrogens is 2. The molecule has 0 amide bonds. The lowest BCUT2D eigenvalue weighted by atomic mass is 10.3. The van der Waals surface area contributed by atoms with Gasteiger partial charge in [0.05, 0.1) is 24.4 Å². The molecule has 0 aliphatic rings. The Morgan fingerprint density at radius 3 is 2.74 bits per heavy atom. The van der Waals surface area contributed by atoms with Gasteiger partial charge in [-0.05, 0) is 38.1 Å². The highest BCUT2D eigenvalue weighted by molar-refractivity contribution is 6.32. The Labute approximate surface area is 118 Å². The minimum atomic E-state index is 0.379. The monoisotopic (exact) mass is 279 g/mol. The summed E-state index contributed by atoms with van der Waals surface area (Å²) >= 11 is 6.07. The van der Waals surface area contributed by atoms with Crippen molar-refractivity contribution in [3.8, 4) is 5.75 Å². The van der Waals surface area contributed by atoms with Gasteiger partial charge in [-0.15, -0.1) is 0 Å². The van der Waals surface area contributed by atoms with Gasteiger partial charge in [-0.25, -0.2) is 0 Å². The van der Waals surface area contributed by atoms with Gasteiger partial charge in [-0.3, -0.25) is 4.68 Å². The summed E-state index contributed by atoms with van der Waals surface area (Å²) in [7, 11) is 1.60. The number of methoxy groups -OCH3 is 1. The molecule has 5 heteroatoms. The van der Waals surface area contributed by atoms with Gasteiger partial charge in [0.15, 0.2) is 0 Å². The van der Waals surface area contributed by atoms with E-state index < -0.39 is 0 Å². The van der Waals surface area contributed by atoms with E-state index in [2.05, 4.69) is 24.3 Å². The first-order chi connectivity index (χ1) is 9.10. The zero-order chi connectivity index (χ0) is 13.8. The van der Waals surface area contributed by atoms with Crippen molar-refractivity contribution < 1.29 is 4.74 Å². The van der Waals surface area contributed by atoms with E-state index in [9.17, 15) is 0 Å². The third-order valence-corrected chi connectivity index (χ3v) is 3.11. The number of rotatable bonds is 5. The molecule has 19 heavy (non-hydrogen) atoms. The van der Waals surface area contributed by atoms with Crippen LogP contribution in [0, 0.1) is 0 Å². The number of nitrogens with zero attached hydrogens (tertiary/aromatic N) is 2. The first kappa shape index (κ1) is 13.7. The number of hydrogen-bond donors (Lipinski definition) is 1. The standard InChI is InChI=1S/C14H18ClN3O/c1-10(2)18-7-6-12(17-18)9-16-11-4-5-14(19-3)13(15)8-11/h4-8,10,16H,9H2,1-3H3. The van der Waals surface area contributed by atoms with E-state index >= 15 is 0 Å². The number of hydrogen-bond acceptors (Lipinski definition) is 3. The van der Waals surface area contributed by atoms with E-state index in [0.29, 0.717) is 23.4 Å². The Morgan fingerprint density at radius 1 is 1.37 bits per heavy atom. The summed E-state index contributed by atoms with van der Waals surface area (Å²) in [6.07, 6.45) is 1.99. The molecule has 0 saturated carbocycles. The van der Waals surface area contributed by atoms with E-state index in [4.69, 9.17) is 16.3 Å². The highest BCUT2D eigenvalue weighted by Crippen LogP contribution is 2.27. The molecule has 2 rings (SSSR count). The van der Waals surface area contributed by atoms with Crippen molar-refractivity contribution in [1.82, 2.24) is 9.78 Å². The molecule has 0 spiro atoms. The molecule has 0 aliphatic carbocycles. The molecule has 0 bridgehead atoms. The molecular formula is C14H18ClN3O. The molecule has 0 aliphatic heterocycles. The van der Waals surface area contributed by atoms with Crippen molar-refractivity contribution >= 4 is 17.3 Å². The lowest BCUT2D eigenvalue weighted by Crippen LogP contribution is -2.04. The third-order valence-electron chi connectivity index (χ3n) is 2.82. The van der Waals surface area contributed by atoms with Crippen LogP contribution in [0.25, 0.3) is 0 Å². The summed E-state index contributed by atoms with van der Waals surface area (Å²) in [6.45, 7) is 4.88. The molecule has 1 aromatic heterocycles. The predicted octanol–water partition coefficient (Wildman–Crippen LogP) is 3.74. The van der Waals surface area contributed by atoms with Crippen LogP contribution in [0.4, 0.5) is 5.69 Å². The molecule has 0 saturated heterocycles. The van der Waals surface area contributed by atoms with Gasteiger partial charge in [0.2, 0.25) is 0 Å². The fourth-order valence-corrected chi connectivity index (χ4v) is 1.99. The number of benzene rings is 1. The molecule has 0 unspecified atom stereocenters. The second-order valence-corrected chi connectivity index (χ2v) is 4.99. The van der Waals surface area contributed by atoms with E-state index in [1.54, 1.807) is 7.11 Å². The fourth-order valence-electron chi connectivity index (χ4n) is 1.73. The Balaban J connectivity index is 1.99. The lowest BCUT2D eigenvalue weighted by molar-refractivity contribution is 0.415. The molecule has 102 valence electrons. The summed E-state index contributed by atoms with van der Waals surface area (Å²) < 4.78 is 7.06. The van der Waals surface area contributed by atoms with Crippen molar-refractivity contribution in [2.45, 2.75) is 26.4 Å². The Kier molecular flexibility index (Phi) is 4.32. The molecule has 0 atom stereocenters. The van der Waals surface area contributed by atoms with E-state index in [1.165, 1.54) is 0 Å². The van der Waals surface area contributed by atoms with Crippen LogP contribution in [-0.4, -0.2) is 16.9 Å². The normalized spacial score (nSPS) is 10.8. The third kappa shape index (κ3) is 3.41. The largest absolute Gasteiger partial charge is 0.495 e. The lowest BCUT2D eigenvalue weighted by Gasteiger charge is -2.08. The van der Waals surface area contributed by atoms with Gasteiger partial charge in [-0.1, -0.05) is 11.6 Å². The van der Waals surface area contributed by atoms with Crippen molar-refractivity contribution in [1.29, 1.82) is 0 Å². The zero-order valence-electron chi connectivity index (χ0n) is 11.4. The summed E-state index contributed by atoms with van der Waals surface area (Å²) in [5.41, 5.74) is 1.95. The summed E-state index contributed by atoms with van der Waals surface area (Å²) in [6, 6.07) is 8.02. The van der Waals surface area contributed by atoms with Crippen molar-refractivity contribution in [2.24, 2.45) is 0 Å². The second-order valence-electron chi connectivity index (χ2n) is 4.58. The molecule has 1 N–H and O–H groups in total. The Hall–Kier alpha value is -1.68. The first-order valence-corrected chi connectivity index (χ1v) is 6.59. The van der Waals surface area contributed by atoms with Gasteiger partial charge < -0.3 is 10.1 Å². The highest BCUT2D eigenvalue weighted by Gasteiger charge is 2.04. The summed E-state index contributed by atoms with van der Waals surface area (Å²) in [4.78, 5) is 0. The van der Waals surface area contributed by atoms with Crippen LogP contribution in [0.15, 0.2) is 30.5 Å². The van der Waals surface area contributed by atoms with Gasteiger partial charge >= 0.3 is 0 Å². The van der Waals surface area contributed by atoms with Crippen LogP contribution in [0.1, 0.15) is 25.6 Å². The second kappa shape index (κ2) is 5.97. The minimum Gasteiger partial charge on any atom is -0.495 e. The van der Waals surface area contributed by atoms with Crippen LogP contribution < -0.4 is 10.1 Å². The molecule has 1 heterocycles. The molecule has 0 radical (unpaired) electrons. The maximum Gasteiger partial charge on any atom is 0.137 e. The Bertz CT molecular complexity index is 551. The van der Waals surface area contributed by atoms with E-state index in [1.807, 2.05) is 35.1 Å². The van der Waals surface area contributed by atoms with Crippen LogP contribution in [-0.2, 0) is 6.54 Å². The van der Waals surface area contributed by atoms with Gasteiger partial charge in [-0.2, -0.15) is 5.10 Å². The number of anilines is 1. The number of ether oxygens (including phenoxy) is 1. The van der Waals surface area contributed by atoms with E-state index in [0.717, 1.165) is 11.4 Å². The summed E-state index contributed by atoms with van der Waals surface area (Å²) in [5, 5.41) is 8.36. The molecular weight excluding hydrogens is 262 g/mol. The minimum absolute atomic E-state index is 0.379. The zero-order valence-corrected chi connectivity index (χ0v) is 12.1. The Morgan fingerprint density at radius 2 is 2.16 bits per heavy atom. The number of halogens is 1. The fraction of sp³-hybridized carbons (Fsp3) is 0.357. The molecule has 1 aromatic carbocycles. The van der Waals surface area contributed by atoms with Crippen LogP contribution >= 0.6 is 11.6 Å². The summed E-state index contributed by atoms with van der Waals surface area (Å²) in [5.74, 6) is 0.677. The van der Waals surface area contributed by atoms with Gasteiger partial charge in [0, 0.05) is 17.9 Å². The maximum absolute atomic E-state index is 6.07. The SMILES string of the molecule is COc1ccc(NCc2ccn(C(C)C)n2)cc1Cl. The topological polar surface area (TPSA) is 39.1 Å². The van der Waals surface area contributed by atoms with Crippen LogP contribution in [0.2, 0.25) is 5.02 Å². The quantitative estimate of drug-likeness (QED) is 0.906. The van der Waals surface area contributed by atoms with Gasteiger partial charge in [0.25, 0.3) is 0 Å². The van der Waals surface area contributed by atoms with Crippen molar-refractivity contribution in [3.05, 3.63) is 41.2 Å². The molecule has 2 aromatic rings. The van der Waals surface area contributed by atoms with Crippen LogP contribution in [0.3, 0.4) is 0 Å². The molecule has 4 nitrogen and oxygen atoms in total. The average Bonchev–Trinajstić information content (AvgIpc) is 2.85. The predicted molar refractivity (Wildman–Crippen MR) is 77.9 cm³/mol. The molecule has 0 fully saturated rings. The maximum atomic E-state index is 6.07. The van der Waals surface area contributed by atoms with Gasteiger partial charge in [0.1, 0.15) is 5.75 Å². The van der Waals surface area contributed by atoms with Crippen molar-refractivity contribution in [3.63, 3.8) is 0 Å². The van der Waals surface area contributed by atoms with Crippen molar-refractivity contribution in [2.75, 3.05) is 12.4 Å². The van der Waals surface area contributed by atoms with Crippen LogP contribution in [0.5, 0.6) is 5.75 Å². The number of nitrogens with one attached hydrogen (secondary N) is 1. The smallest absolute Gasteiger partial charge is 0.137 e.